The van der Waals surface area contributed by atoms with Crippen molar-refractivity contribution in [3.05, 3.63) is 88.2 Å². The molecule has 1 aromatic heterocycles. The van der Waals surface area contributed by atoms with E-state index in [0.29, 0.717) is 0 Å². The smallest absolute Gasteiger partial charge is 0.407 e. The molecular weight excluding hydrogens is 448 g/mol. The number of aliphatic hydroxyl groups is 2. The van der Waals surface area contributed by atoms with Crippen LogP contribution in [0.3, 0.4) is 0 Å². The molecule has 1 heterocycles. The van der Waals surface area contributed by atoms with E-state index in [9.17, 15) is 19.8 Å². The molecule has 1 aliphatic carbocycles. The number of ether oxygens (including phenoxy) is 1. The second-order valence-corrected chi connectivity index (χ2v) is 7.99. The summed E-state index contributed by atoms with van der Waals surface area (Å²) in [5.74, 6) is -1.36. The van der Waals surface area contributed by atoms with E-state index >= 15 is 0 Å². The number of aromatic carboxylic acids is 1. The molecule has 2 atom stereocenters. The molecule has 3 aromatic rings. The van der Waals surface area contributed by atoms with Gasteiger partial charge in [-0.3, -0.25) is 0 Å². The Hall–Kier alpha value is -3.46. The zero-order valence-electron chi connectivity index (χ0n) is 17.3. The van der Waals surface area contributed by atoms with Crippen LogP contribution in [0.15, 0.2) is 60.8 Å². The monoisotopic (exact) mass is 468 g/mol. The van der Waals surface area contributed by atoms with Gasteiger partial charge in [0.05, 0.1) is 5.56 Å². The molecule has 1 aliphatic rings. The van der Waals surface area contributed by atoms with Gasteiger partial charge < -0.3 is 25.4 Å². The molecule has 4 rings (SSSR count). The highest BCUT2D eigenvalue weighted by molar-refractivity contribution is 6.30. The van der Waals surface area contributed by atoms with Crippen LogP contribution < -0.4 is 5.32 Å². The van der Waals surface area contributed by atoms with Crippen molar-refractivity contribution in [1.82, 2.24) is 10.3 Å². The zero-order valence-corrected chi connectivity index (χ0v) is 18.1. The van der Waals surface area contributed by atoms with Gasteiger partial charge in [0.1, 0.15) is 24.0 Å². The van der Waals surface area contributed by atoms with Gasteiger partial charge in [-0.25, -0.2) is 14.6 Å². The third-order valence-corrected chi connectivity index (χ3v) is 5.91. The van der Waals surface area contributed by atoms with Gasteiger partial charge in [-0.05, 0) is 28.3 Å². The maximum Gasteiger partial charge on any atom is 0.407 e. The quantitative estimate of drug-likeness (QED) is 0.391. The lowest BCUT2D eigenvalue weighted by Gasteiger charge is -2.20. The van der Waals surface area contributed by atoms with Crippen LogP contribution in [0.1, 0.15) is 39.1 Å². The van der Waals surface area contributed by atoms with Gasteiger partial charge in [-0.1, -0.05) is 60.1 Å². The molecule has 2 unspecified atom stereocenters. The summed E-state index contributed by atoms with van der Waals surface area (Å²) in [5.41, 5.74) is 4.11. The van der Waals surface area contributed by atoms with E-state index < -0.39 is 24.3 Å². The highest BCUT2D eigenvalue weighted by atomic mass is 35.5. The Morgan fingerprint density at radius 1 is 1.06 bits per heavy atom. The Morgan fingerprint density at radius 2 is 1.67 bits per heavy atom. The SMILES string of the molecule is O=C(NCC(O)C(O)c1cc(C(=O)O)cnc1Cl)OCC1c2ccccc2-c2ccccc21. The molecule has 0 aliphatic heterocycles. The molecule has 0 bridgehead atoms. The van der Waals surface area contributed by atoms with Gasteiger partial charge in [0.25, 0.3) is 0 Å². The fraction of sp³-hybridized carbons (Fsp3) is 0.208. The maximum absolute atomic E-state index is 12.3. The van der Waals surface area contributed by atoms with Crippen LogP contribution in [-0.2, 0) is 4.74 Å². The van der Waals surface area contributed by atoms with Crippen molar-refractivity contribution in [3.8, 4) is 11.1 Å². The number of hydrogen-bond donors (Lipinski definition) is 4. The minimum atomic E-state index is -1.56. The number of amides is 1. The summed E-state index contributed by atoms with van der Waals surface area (Å²) >= 11 is 5.92. The van der Waals surface area contributed by atoms with Crippen molar-refractivity contribution in [1.29, 1.82) is 0 Å². The van der Waals surface area contributed by atoms with E-state index in [1.165, 1.54) is 0 Å². The lowest BCUT2D eigenvalue weighted by atomic mass is 9.98. The van der Waals surface area contributed by atoms with E-state index in [1.807, 2.05) is 48.5 Å². The third-order valence-electron chi connectivity index (χ3n) is 5.60. The van der Waals surface area contributed by atoms with Crippen LogP contribution in [0.25, 0.3) is 11.1 Å². The fourth-order valence-corrected chi connectivity index (χ4v) is 4.16. The largest absolute Gasteiger partial charge is 0.478 e. The summed E-state index contributed by atoms with van der Waals surface area (Å²) in [6, 6.07) is 17.0. The number of fused-ring (bicyclic) bond motifs is 3. The number of carboxylic acid groups (broad SMARTS) is 1. The molecule has 2 aromatic carbocycles. The second-order valence-electron chi connectivity index (χ2n) is 7.63. The molecule has 1 amide bonds. The van der Waals surface area contributed by atoms with Gasteiger partial charge in [0, 0.05) is 24.2 Å². The normalized spacial score (nSPS) is 14.2. The number of nitrogens with zero attached hydrogens (tertiary/aromatic N) is 1. The summed E-state index contributed by atoms with van der Waals surface area (Å²) in [4.78, 5) is 27.1. The van der Waals surface area contributed by atoms with Crippen LogP contribution in [0.2, 0.25) is 5.15 Å². The van der Waals surface area contributed by atoms with Crippen LogP contribution in [0.4, 0.5) is 4.79 Å². The molecule has 0 saturated heterocycles. The standard InChI is InChI=1S/C24H21ClN2O6/c25-22-18(9-13(10-26-22)23(30)31)21(29)20(28)11-27-24(32)33-12-19-16-7-3-1-5-14(16)15-6-2-4-8-17(15)19/h1-10,19-21,28-29H,11-12H2,(H,27,32)(H,30,31). The third kappa shape index (κ3) is 4.68. The highest BCUT2D eigenvalue weighted by Crippen LogP contribution is 2.44. The van der Waals surface area contributed by atoms with Crippen molar-refractivity contribution in [3.63, 3.8) is 0 Å². The number of benzene rings is 2. The van der Waals surface area contributed by atoms with E-state index in [1.54, 1.807) is 0 Å². The van der Waals surface area contributed by atoms with Gasteiger partial charge in [0.15, 0.2) is 0 Å². The lowest BCUT2D eigenvalue weighted by molar-refractivity contribution is 0.0183. The topological polar surface area (TPSA) is 129 Å². The minimum Gasteiger partial charge on any atom is -0.478 e. The predicted molar refractivity (Wildman–Crippen MR) is 120 cm³/mol. The molecular formula is C24H21ClN2O6. The van der Waals surface area contributed by atoms with E-state index in [-0.39, 0.29) is 35.3 Å². The van der Waals surface area contributed by atoms with Gasteiger partial charge in [-0.15, -0.1) is 0 Å². The number of pyridine rings is 1. The molecule has 0 fully saturated rings. The van der Waals surface area contributed by atoms with Crippen LogP contribution in [0, 0.1) is 0 Å². The number of hydrogen-bond acceptors (Lipinski definition) is 6. The fourth-order valence-electron chi connectivity index (χ4n) is 3.95. The summed E-state index contributed by atoms with van der Waals surface area (Å²) < 4.78 is 5.39. The Morgan fingerprint density at radius 3 is 2.27 bits per heavy atom. The zero-order chi connectivity index (χ0) is 23.5. The number of rotatable bonds is 7. The Balaban J connectivity index is 1.36. The lowest BCUT2D eigenvalue weighted by Crippen LogP contribution is -2.36. The molecule has 9 heteroatoms. The Labute approximate surface area is 194 Å². The van der Waals surface area contributed by atoms with Crippen molar-refractivity contribution >= 4 is 23.7 Å². The van der Waals surface area contributed by atoms with Crippen molar-refractivity contribution in [2.24, 2.45) is 0 Å². The second kappa shape index (κ2) is 9.58. The number of carboxylic acids is 1. The molecule has 33 heavy (non-hydrogen) atoms. The van der Waals surface area contributed by atoms with E-state index in [4.69, 9.17) is 21.4 Å². The first kappa shape index (κ1) is 22.7. The number of nitrogens with one attached hydrogen (secondary N) is 1. The Kier molecular flexibility index (Phi) is 6.60. The summed E-state index contributed by atoms with van der Waals surface area (Å²) in [7, 11) is 0. The van der Waals surface area contributed by atoms with Gasteiger partial charge >= 0.3 is 12.1 Å². The maximum atomic E-state index is 12.3. The summed E-state index contributed by atoms with van der Waals surface area (Å²) in [6.07, 6.45) is -2.74. The Bertz CT molecular complexity index is 1160. The number of carbonyl (C=O) groups is 2. The number of halogens is 1. The number of alkyl carbamates (subject to hydrolysis) is 1. The van der Waals surface area contributed by atoms with Crippen molar-refractivity contribution in [2.75, 3.05) is 13.2 Å². The predicted octanol–water partition coefficient (Wildman–Crippen LogP) is 3.37. The highest BCUT2D eigenvalue weighted by Gasteiger charge is 2.29. The van der Waals surface area contributed by atoms with Gasteiger partial charge in [-0.2, -0.15) is 0 Å². The number of aromatic nitrogens is 1. The van der Waals surface area contributed by atoms with E-state index in [2.05, 4.69) is 10.3 Å². The first-order valence-electron chi connectivity index (χ1n) is 10.2. The molecule has 170 valence electrons. The first-order chi connectivity index (χ1) is 15.9. The van der Waals surface area contributed by atoms with E-state index in [0.717, 1.165) is 34.5 Å². The molecule has 0 saturated carbocycles. The molecule has 0 spiro atoms. The van der Waals surface area contributed by atoms with Crippen molar-refractivity contribution in [2.45, 2.75) is 18.1 Å². The van der Waals surface area contributed by atoms with Crippen LogP contribution >= 0.6 is 11.6 Å². The average molecular weight is 469 g/mol. The summed E-state index contributed by atoms with van der Waals surface area (Å²) in [6.45, 7) is -0.236. The minimum absolute atomic E-state index is 0.0570. The molecule has 0 radical (unpaired) electrons. The van der Waals surface area contributed by atoms with Crippen LogP contribution in [-0.4, -0.2) is 51.6 Å². The number of aliphatic hydroxyl groups excluding tert-OH is 2. The molecule has 4 N–H and O–H groups in total. The van der Waals surface area contributed by atoms with Crippen molar-refractivity contribution < 1.29 is 29.6 Å². The van der Waals surface area contributed by atoms with Crippen LogP contribution in [0.5, 0.6) is 0 Å². The summed E-state index contributed by atoms with van der Waals surface area (Å²) in [5, 5.41) is 31.9. The molecule has 8 nitrogen and oxygen atoms in total. The number of carbonyl (C=O) groups excluding carboxylic acids is 1. The first-order valence-corrected chi connectivity index (χ1v) is 10.6. The average Bonchev–Trinajstić information content (AvgIpc) is 3.14. The van der Waals surface area contributed by atoms with Gasteiger partial charge in [0.2, 0.25) is 0 Å².